The van der Waals surface area contributed by atoms with Crippen LogP contribution in [0.15, 0.2) is 0 Å². The van der Waals surface area contributed by atoms with E-state index in [9.17, 15) is 4.79 Å². The largest absolute Gasteiger partial charge is 0.341 e. The molecule has 1 saturated carbocycles. The Labute approximate surface area is 117 Å². The van der Waals surface area contributed by atoms with Crippen LogP contribution < -0.4 is 5.32 Å². The van der Waals surface area contributed by atoms with Crippen molar-refractivity contribution >= 4 is 5.91 Å². The Hall–Kier alpha value is -0.610. The molecule has 1 heterocycles. The molecule has 0 unspecified atom stereocenters. The molecule has 19 heavy (non-hydrogen) atoms. The zero-order valence-corrected chi connectivity index (χ0v) is 12.6. The second-order valence-electron chi connectivity index (χ2n) is 6.31. The van der Waals surface area contributed by atoms with Crippen molar-refractivity contribution in [1.29, 1.82) is 0 Å². The van der Waals surface area contributed by atoms with Crippen LogP contribution in [0, 0.1) is 0 Å². The fraction of sp³-hybridized carbons (Fsp3) is 0.933. The fourth-order valence-corrected chi connectivity index (χ4v) is 3.44. The molecule has 0 bridgehead atoms. The molecule has 1 amide bonds. The monoisotopic (exact) mass is 267 g/mol. The highest BCUT2D eigenvalue weighted by atomic mass is 16.2. The van der Waals surface area contributed by atoms with Gasteiger partial charge in [0.05, 0.1) is 0 Å². The molecule has 2 aliphatic rings. The van der Waals surface area contributed by atoms with E-state index in [-0.39, 0.29) is 5.54 Å². The smallest absolute Gasteiger partial charge is 0.224 e. The SMILES string of the molecule is CNC1(CC(=O)N2CCCN(C)CC2)CCCCC1. The third kappa shape index (κ3) is 3.93. The quantitative estimate of drug-likeness (QED) is 0.841. The van der Waals surface area contributed by atoms with Crippen LogP contribution in [0.3, 0.4) is 0 Å². The fourth-order valence-electron chi connectivity index (χ4n) is 3.44. The van der Waals surface area contributed by atoms with Gasteiger partial charge in [0.15, 0.2) is 0 Å². The van der Waals surface area contributed by atoms with Crippen molar-refractivity contribution in [3.05, 3.63) is 0 Å². The number of carbonyl (C=O) groups excluding carboxylic acids is 1. The van der Waals surface area contributed by atoms with Gasteiger partial charge in [0.2, 0.25) is 5.91 Å². The maximum atomic E-state index is 12.6. The van der Waals surface area contributed by atoms with Gasteiger partial charge in [0.1, 0.15) is 0 Å². The van der Waals surface area contributed by atoms with Crippen LogP contribution in [0.25, 0.3) is 0 Å². The van der Waals surface area contributed by atoms with Gasteiger partial charge >= 0.3 is 0 Å². The average Bonchev–Trinajstić information content (AvgIpc) is 2.64. The molecule has 4 nitrogen and oxygen atoms in total. The van der Waals surface area contributed by atoms with Crippen molar-refractivity contribution in [3.8, 4) is 0 Å². The maximum Gasteiger partial charge on any atom is 0.224 e. The van der Waals surface area contributed by atoms with Gasteiger partial charge in [0.25, 0.3) is 0 Å². The molecule has 1 saturated heterocycles. The van der Waals surface area contributed by atoms with Crippen molar-refractivity contribution in [3.63, 3.8) is 0 Å². The number of likely N-dealkylation sites (N-methyl/N-ethyl adjacent to an activating group) is 1. The Kier molecular flexibility index (Phi) is 5.22. The van der Waals surface area contributed by atoms with Crippen molar-refractivity contribution < 1.29 is 4.79 Å². The summed E-state index contributed by atoms with van der Waals surface area (Å²) in [7, 11) is 4.17. The number of carbonyl (C=O) groups is 1. The van der Waals surface area contributed by atoms with Gasteiger partial charge in [-0.05, 0) is 39.9 Å². The molecule has 4 heteroatoms. The lowest BCUT2D eigenvalue weighted by Gasteiger charge is -2.38. The summed E-state index contributed by atoms with van der Waals surface area (Å²) in [6.07, 6.45) is 7.95. The maximum absolute atomic E-state index is 12.6. The molecule has 0 atom stereocenters. The lowest BCUT2D eigenvalue weighted by molar-refractivity contribution is -0.133. The van der Waals surface area contributed by atoms with Gasteiger partial charge in [0, 0.05) is 31.6 Å². The topological polar surface area (TPSA) is 35.6 Å². The standard InChI is InChI=1S/C15H29N3O/c1-16-15(7-4-3-5-8-15)13-14(19)18-10-6-9-17(2)11-12-18/h16H,3-13H2,1-2H3. The van der Waals surface area contributed by atoms with Crippen LogP contribution in [0.5, 0.6) is 0 Å². The molecule has 0 aromatic rings. The number of amides is 1. The minimum Gasteiger partial charge on any atom is -0.341 e. The van der Waals surface area contributed by atoms with Gasteiger partial charge in [-0.1, -0.05) is 19.3 Å². The van der Waals surface area contributed by atoms with Gasteiger partial charge < -0.3 is 15.1 Å². The Morgan fingerprint density at radius 3 is 2.47 bits per heavy atom. The van der Waals surface area contributed by atoms with Crippen LogP contribution in [0.2, 0.25) is 0 Å². The van der Waals surface area contributed by atoms with E-state index in [1.807, 2.05) is 7.05 Å². The first-order chi connectivity index (χ1) is 9.15. The van der Waals surface area contributed by atoms with Crippen LogP contribution in [-0.2, 0) is 4.79 Å². The highest BCUT2D eigenvalue weighted by Crippen LogP contribution is 2.31. The minimum absolute atomic E-state index is 0.0769. The van der Waals surface area contributed by atoms with E-state index in [0.29, 0.717) is 12.3 Å². The summed E-state index contributed by atoms with van der Waals surface area (Å²) in [6, 6.07) is 0. The van der Waals surface area contributed by atoms with Gasteiger partial charge in [-0.2, -0.15) is 0 Å². The summed E-state index contributed by atoms with van der Waals surface area (Å²) < 4.78 is 0. The molecular weight excluding hydrogens is 238 g/mol. The Bertz CT molecular complexity index is 300. The normalized spacial score (nSPS) is 25.1. The van der Waals surface area contributed by atoms with Crippen LogP contribution in [0.4, 0.5) is 0 Å². The van der Waals surface area contributed by atoms with Crippen molar-refractivity contribution in [1.82, 2.24) is 15.1 Å². The highest BCUT2D eigenvalue weighted by molar-refractivity contribution is 5.77. The third-order valence-electron chi connectivity index (χ3n) is 4.90. The van der Waals surface area contributed by atoms with Crippen molar-refractivity contribution in [2.75, 3.05) is 40.3 Å². The first kappa shape index (κ1) is 14.8. The summed E-state index contributed by atoms with van der Waals surface area (Å²) in [4.78, 5) is 17.0. The van der Waals surface area contributed by atoms with E-state index in [1.54, 1.807) is 0 Å². The molecule has 0 aromatic carbocycles. The molecule has 1 aliphatic heterocycles. The zero-order valence-electron chi connectivity index (χ0n) is 12.6. The average molecular weight is 267 g/mol. The minimum atomic E-state index is 0.0769. The number of rotatable bonds is 3. The number of nitrogens with zero attached hydrogens (tertiary/aromatic N) is 2. The molecule has 1 N–H and O–H groups in total. The predicted molar refractivity (Wildman–Crippen MR) is 78.2 cm³/mol. The predicted octanol–water partition coefficient (Wildman–Crippen LogP) is 1.46. The summed E-state index contributed by atoms with van der Waals surface area (Å²) >= 11 is 0. The van der Waals surface area contributed by atoms with Crippen molar-refractivity contribution in [2.45, 2.75) is 50.5 Å². The lowest BCUT2D eigenvalue weighted by Crippen LogP contribution is -2.49. The second kappa shape index (κ2) is 6.71. The van der Waals surface area contributed by atoms with E-state index < -0.39 is 0 Å². The molecule has 0 aromatic heterocycles. The Balaban J connectivity index is 1.91. The zero-order chi connectivity index (χ0) is 13.7. The van der Waals surface area contributed by atoms with E-state index in [0.717, 1.165) is 45.4 Å². The highest BCUT2D eigenvalue weighted by Gasteiger charge is 2.34. The molecule has 0 radical (unpaired) electrons. The molecule has 2 fully saturated rings. The molecular formula is C15H29N3O. The van der Waals surface area contributed by atoms with Gasteiger partial charge in [-0.3, -0.25) is 4.79 Å². The third-order valence-corrected chi connectivity index (χ3v) is 4.90. The van der Waals surface area contributed by atoms with Gasteiger partial charge in [-0.25, -0.2) is 0 Å². The molecule has 0 spiro atoms. The van der Waals surface area contributed by atoms with Crippen LogP contribution in [0.1, 0.15) is 44.9 Å². The summed E-state index contributed by atoms with van der Waals surface area (Å²) in [5, 5.41) is 3.45. The van der Waals surface area contributed by atoms with Crippen LogP contribution >= 0.6 is 0 Å². The lowest BCUT2D eigenvalue weighted by atomic mass is 9.79. The Morgan fingerprint density at radius 1 is 1.05 bits per heavy atom. The van der Waals surface area contributed by atoms with Crippen LogP contribution in [-0.4, -0.2) is 61.5 Å². The summed E-state index contributed by atoms with van der Waals surface area (Å²) in [5.74, 6) is 0.353. The molecule has 1 aliphatic carbocycles. The molecule has 2 rings (SSSR count). The van der Waals surface area contributed by atoms with Gasteiger partial charge in [-0.15, -0.1) is 0 Å². The second-order valence-corrected chi connectivity index (χ2v) is 6.31. The van der Waals surface area contributed by atoms with E-state index >= 15 is 0 Å². The number of hydrogen-bond acceptors (Lipinski definition) is 3. The first-order valence-corrected chi connectivity index (χ1v) is 7.80. The number of nitrogens with one attached hydrogen (secondary N) is 1. The first-order valence-electron chi connectivity index (χ1n) is 7.80. The van der Waals surface area contributed by atoms with E-state index in [2.05, 4.69) is 22.2 Å². The summed E-state index contributed by atoms with van der Waals surface area (Å²) in [5.41, 5.74) is 0.0769. The number of hydrogen-bond donors (Lipinski definition) is 1. The van der Waals surface area contributed by atoms with Crippen molar-refractivity contribution in [2.24, 2.45) is 0 Å². The summed E-state index contributed by atoms with van der Waals surface area (Å²) in [6.45, 7) is 3.96. The van der Waals surface area contributed by atoms with E-state index in [1.165, 1.54) is 19.3 Å². The van der Waals surface area contributed by atoms with E-state index in [4.69, 9.17) is 0 Å². The molecule has 110 valence electrons. The Morgan fingerprint density at radius 2 is 1.79 bits per heavy atom.